The Hall–Kier alpha value is -1.29. The fourth-order valence-corrected chi connectivity index (χ4v) is 2.69. The van der Waals surface area contributed by atoms with Crippen LogP contribution in [0, 0.1) is 13.8 Å². The number of hydrogen-bond donors (Lipinski definition) is 2. The molecule has 2 heterocycles. The lowest BCUT2D eigenvalue weighted by atomic mass is 10.1. The van der Waals surface area contributed by atoms with Crippen molar-refractivity contribution in [1.29, 1.82) is 0 Å². The number of amides is 1. The Bertz CT molecular complexity index is 419. The van der Waals surface area contributed by atoms with Crippen molar-refractivity contribution in [3.8, 4) is 0 Å². The summed E-state index contributed by atoms with van der Waals surface area (Å²) in [4.78, 5) is 17.8. The Balaban J connectivity index is 2.19. The monoisotopic (exact) mass is 249 g/mol. The van der Waals surface area contributed by atoms with Crippen molar-refractivity contribution in [2.24, 2.45) is 0 Å². The van der Waals surface area contributed by atoms with Crippen molar-refractivity contribution >= 4 is 5.91 Å². The maximum atomic E-state index is 12.6. The second-order valence-corrected chi connectivity index (χ2v) is 5.16. The summed E-state index contributed by atoms with van der Waals surface area (Å²) in [5.41, 5.74) is 2.86. The van der Waals surface area contributed by atoms with Crippen LogP contribution in [0.3, 0.4) is 0 Å². The molecule has 0 spiro atoms. The van der Waals surface area contributed by atoms with Crippen LogP contribution < -0.4 is 5.32 Å². The fraction of sp³-hybridized carbons (Fsp3) is 0.643. The molecule has 1 atom stereocenters. The van der Waals surface area contributed by atoms with Gasteiger partial charge in [-0.25, -0.2) is 0 Å². The lowest BCUT2D eigenvalue weighted by Crippen LogP contribution is -2.42. The summed E-state index contributed by atoms with van der Waals surface area (Å²) < 4.78 is 0. The number of carbonyl (C=O) groups excluding carboxylic acids is 1. The van der Waals surface area contributed by atoms with E-state index in [4.69, 9.17) is 0 Å². The Kier molecular flexibility index (Phi) is 4.07. The molecule has 0 radical (unpaired) electrons. The minimum absolute atomic E-state index is 0.149. The van der Waals surface area contributed by atoms with Gasteiger partial charge in [-0.15, -0.1) is 0 Å². The highest BCUT2D eigenvalue weighted by Crippen LogP contribution is 2.17. The number of aromatic nitrogens is 1. The first-order chi connectivity index (χ1) is 8.63. The van der Waals surface area contributed by atoms with Crippen LogP contribution in [-0.4, -0.2) is 41.5 Å². The van der Waals surface area contributed by atoms with Crippen LogP contribution in [0.2, 0.25) is 0 Å². The van der Waals surface area contributed by atoms with E-state index in [1.165, 1.54) is 0 Å². The molecular formula is C14H23N3O. The van der Waals surface area contributed by atoms with Gasteiger partial charge < -0.3 is 15.2 Å². The van der Waals surface area contributed by atoms with E-state index in [1.54, 1.807) is 0 Å². The molecule has 1 unspecified atom stereocenters. The quantitative estimate of drug-likeness (QED) is 0.855. The van der Waals surface area contributed by atoms with Gasteiger partial charge in [-0.3, -0.25) is 4.79 Å². The summed E-state index contributed by atoms with van der Waals surface area (Å²) >= 11 is 0. The van der Waals surface area contributed by atoms with Gasteiger partial charge in [0.1, 0.15) is 5.69 Å². The maximum absolute atomic E-state index is 12.6. The number of aryl methyl sites for hydroxylation is 2. The number of nitrogens with one attached hydrogen (secondary N) is 2. The summed E-state index contributed by atoms with van der Waals surface area (Å²) in [5.74, 6) is 0.149. The minimum atomic E-state index is 0.149. The molecule has 1 fully saturated rings. The zero-order valence-electron chi connectivity index (χ0n) is 11.5. The number of nitrogens with zero attached hydrogens (tertiary/aromatic N) is 1. The number of aromatic amines is 1. The maximum Gasteiger partial charge on any atom is 0.270 e. The van der Waals surface area contributed by atoms with Crippen LogP contribution in [0.4, 0.5) is 0 Å². The molecule has 0 saturated carbocycles. The zero-order chi connectivity index (χ0) is 13.1. The Morgan fingerprint density at radius 1 is 1.50 bits per heavy atom. The highest BCUT2D eigenvalue weighted by Gasteiger charge is 2.28. The Morgan fingerprint density at radius 3 is 2.78 bits per heavy atom. The largest absolute Gasteiger partial charge is 0.354 e. The van der Waals surface area contributed by atoms with Gasteiger partial charge in [-0.05, 0) is 44.9 Å². The molecule has 1 aromatic rings. The molecule has 1 saturated heterocycles. The van der Waals surface area contributed by atoms with E-state index in [0.717, 1.165) is 49.4 Å². The van der Waals surface area contributed by atoms with Crippen molar-refractivity contribution in [1.82, 2.24) is 15.2 Å². The van der Waals surface area contributed by atoms with Gasteiger partial charge in [0.2, 0.25) is 0 Å². The van der Waals surface area contributed by atoms with Gasteiger partial charge in [0.15, 0.2) is 0 Å². The smallest absolute Gasteiger partial charge is 0.270 e. The second kappa shape index (κ2) is 5.57. The van der Waals surface area contributed by atoms with Crippen LogP contribution in [-0.2, 0) is 0 Å². The van der Waals surface area contributed by atoms with E-state index in [0.29, 0.717) is 6.04 Å². The van der Waals surface area contributed by atoms with Crippen molar-refractivity contribution in [2.75, 3.05) is 19.6 Å². The average Bonchev–Trinajstić information content (AvgIpc) is 2.95. The minimum Gasteiger partial charge on any atom is -0.354 e. The summed E-state index contributed by atoms with van der Waals surface area (Å²) in [6.45, 7) is 8.88. The predicted molar refractivity (Wildman–Crippen MR) is 72.9 cm³/mol. The van der Waals surface area contributed by atoms with Crippen molar-refractivity contribution in [2.45, 2.75) is 39.7 Å². The van der Waals surface area contributed by atoms with Gasteiger partial charge in [0.25, 0.3) is 5.91 Å². The molecule has 1 aromatic heterocycles. The molecule has 1 aliphatic rings. The molecule has 4 nitrogen and oxygen atoms in total. The topological polar surface area (TPSA) is 48.1 Å². The van der Waals surface area contributed by atoms with Gasteiger partial charge in [0.05, 0.1) is 0 Å². The molecule has 2 N–H and O–H groups in total. The third kappa shape index (κ3) is 2.58. The lowest BCUT2D eigenvalue weighted by molar-refractivity contribution is 0.0686. The highest BCUT2D eigenvalue weighted by molar-refractivity contribution is 5.94. The average molecular weight is 249 g/mol. The molecular weight excluding hydrogens is 226 g/mol. The predicted octanol–water partition coefficient (Wildman–Crippen LogP) is 1.85. The number of rotatable bonds is 4. The highest BCUT2D eigenvalue weighted by atomic mass is 16.2. The van der Waals surface area contributed by atoms with Crippen LogP contribution in [0.25, 0.3) is 0 Å². The molecule has 2 rings (SSSR count). The SMILES string of the molecule is CCCN(C(=O)c1[nH]c(C)cc1C)C1CCNC1. The van der Waals surface area contributed by atoms with Crippen LogP contribution >= 0.6 is 0 Å². The lowest BCUT2D eigenvalue weighted by Gasteiger charge is -2.28. The summed E-state index contributed by atoms with van der Waals surface area (Å²) in [6, 6.07) is 2.38. The van der Waals surface area contributed by atoms with Crippen molar-refractivity contribution < 1.29 is 4.79 Å². The Labute approximate surface area is 109 Å². The van der Waals surface area contributed by atoms with E-state index in [-0.39, 0.29) is 5.91 Å². The van der Waals surface area contributed by atoms with Gasteiger partial charge in [-0.2, -0.15) is 0 Å². The molecule has 1 aliphatic heterocycles. The van der Waals surface area contributed by atoms with Crippen molar-refractivity contribution in [3.63, 3.8) is 0 Å². The number of hydrogen-bond acceptors (Lipinski definition) is 2. The first-order valence-electron chi connectivity index (χ1n) is 6.81. The van der Waals surface area contributed by atoms with E-state index < -0.39 is 0 Å². The zero-order valence-corrected chi connectivity index (χ0v) is 11.5. The van der Waals surface area contributed by atoms with Crippen LogP contribution in [0.1, 0.15) is 41.5 Å². The standard InChI is InChI=1S/C14H23N3O/c1-4-7-17(12-5-6-15-9-12)14(18)13-10(2)8-11(3)16-13/h8,12,15-16H,4-7,9H2,1-3H3. The van der Waals surface area contributed by atoms with E-state index in [1.807, 2.05) is 24.8 Å². The molecule has 0 bridgehead atoms. The van der Waals surface area contributed by atoms with E-state index in [2.05, 4.69) is 17.2 Å². The third-order valence-corrected chi connectivity index (χ3v) is 3.56. The molecule has 100 valence electrons. The Morgan fingerprint density at radius 2 is 2.28 bits per heavy atom. The molecule has 4 heteroatoms. The van der Waals surface area contributed by atoms with Crippen LogP contribution in [0.15, 0.2) is 6.07 Å². The van der Waals surface area contributed by atoms with E-state index >= 15 is 0 Å². The first kappa shape index (κ1) is 13.1. The molecule has 1 amide bonds. The van der Waals surface area contributed by atoms with Crippen LogP contribution in [0.5, 0.6) is 0 Å². The molecule has 0 aromatic carbocycles. The normalized spacial score (nSPS) is 19.2. The molecule has 18 heavy (non-hydrogen) atoms. The fourth-order valence-electron chi connectivity index (χ4n) is 2.69. The summed E-state index contributed by atoms with van der Waals surface area (Å²) in [6.07, 6.45) is 2.06. The summed E-state index contributed by atoms with van der Waals surface area (Å²) in [7, 11) is 0. The first-order valence-corrected chi connectivity index (χ1v) is 6.81. The third-order valence-electron chi connectivity index (χ3n) is 3.56. The second-order valence-electron chi connectivity index (χ2n) is 5.16. The van der Waals surface area contributed by atoms with Gasteiger partial charge in [0, 0.05) is 24.8 Å². The van der Waals surface area contributed by atoms with E-state index in [9.17, 15) is 4.79 Å². The summed E-state index contributed by atoms with van der Waals surface area (Å²) in [5, 5.41) is 3.33. The number of carbonyl (C=O) groups is 1. The number of H-pyrrole nitrogens is 1. The van der Waals surface area contributed by atoms with Crippen molar-refractivity contribution in [3.05, 3.63) is 23.0 Å². The molecule has 0 aliphatic carbocycles. The van der Waals surface area contributed by atoms with Gasteiger partial charge in [-0.1, -0.05) is 6.92 Å². The van der Waals surface area contributed by atoms with Gasteiger partial charge >= 0.3 is 0 Å².